The summed E-state index contributed by atoms with van der Waals surface area (Å²) in [4.78, 5) is 17.7. The van der Waals surface area contributed by atoms with Gasteiger partial charge >= 0.3 is 0 Å². The number of aromatic nitrogens is 1. The fourth-order valence-corrected chi connectivity index (χ4v) is 3.31. The van der Waals surface area contributed by atoms with E-state index >= 15 is 0 Å². The van der Waals surface area contributed by atoms with Gasteiger partial charge in [-0.1, -0.05) is 13.3 Å². The van der Waals surface area contributed by atoms with Crippen molar-refractivity contribution in [2.75, 3.05) is 6.54 Å². The minimum Gasteiger partial charge on any atom is -0.350 e. The number of hydrogen-bond acceptors (Lipinski definition) is 4. The van der Waals surface area contributed by atoms with Gasteiger partial charge in [-0.25, -0.2) is 4.98 Å². The lowest BCUT2D eigenvalue weighted by Gasteiger charge is -2.27. The highest BCUT2D eigenvalue weighted by Gasteiger charge is 2.39. The van der Waals surface area contributed by atoms with Crippen LogP contribution in [0.3, 0.4) is 0 Å². The van der Waals surface area contributed by atoms with Crippen LogP contribution in [0.5, 0.6) is 0 Å². The molecule has 1 saturated heterocycles. The molecule has 0 saturated carbocycles. The van der Waals surface area contributed by atoms with Gasteiger partial charge in [-0.2, -0.15) is 0 Å². The lowest BCUT2D eigenvalue weighted by atomic mass is 9.91. The number of thiazole rings is 1. The Kier molecular flexibility index (Phi) is 4.35. The largest absolute Gasteiger partial charge is 0.350 e. The van der Waals surface area contributed by atoms with E-state index in [0.29, 0.717) is 6.54 Å². The number of nitrogens with zero attached hydrogens (tertiary/aromatic N) is 1. The standard InChI is InChI=1S/C13H21N3OS/c1-3-5-13(6-4-7-16-13)12(17)15-9-11-8-14-10(2)18-11/h8,16H,3-7,9H2,1-2H3,(H,15,17). The highest BCUT2D eigenvalue weighted by molar-refractivity contribution is 7.11. The van der Waals surface area contributed by atoms with Gasteiger partial charge in [-0.3, -0.25) is 4.79 Å². The molecule has 1 fully saturated rings. The SMILES string of the molecule is CCCC1(C(=O)NCc2cnc(C)s2)CCCN1. The maximum absolute atomic E-state index is 12.3. The van der Waals surface area contributed by atoms with Gasteiger partial charge in [-0.15, -0.1) is 11.3 Å². The van der Waals surface area contributed by atoms with Crippen LogP contribution in [0.2, 0.25) is 0 Å². The molecule has 4 nitrogen and oxygen atoms in total. The summed E-state index contributed by atoms with van der Waals surface area (Å²) in [6, 6.07) is 0. The molecule has 1 aromatic heterocycles. The van der Waals surface area contributed by atoms with Crippen LogP contribution in [0.15, 0.2) is 6.20 Å². The van der Waals surface area contributed by atoms with Gasteiger partial charge in [0, 0.05) is 11.1 Å². The molecule has 0 aromatic carbocycles. The number of hydrogen-bond donors (Lipinski definition) is 2. The molecule has 1 amide bonds. The monoisotopic (exact) mass is 267 g/mol. The van der Waals surface area contributed by atoms with Crippen LogP contribution < -0.4 is 10.6 Å². The van der Waals surface area contributed by atoms with E-state index in [2.05, 4.69) is 22.5 Å². The summed E-state index contributed by atoms with van der Waals surface area (Å²) in [7, 11) is 0. The molecule has 2 N–H and O–H groups in total. The van der Waals surface area contributed by atoms with Crippen LogP contribution in [-0.2, 0) is 11.3 Å². The Bertz CT molecular complexity index is 410. The van der Waals surface area contributed by atoms with Crippen molar-refractivity contribution >= 4 is 17.2 Å². The summed E-state index contributed by atoms with van der Waals surface area (Å²) >= 11 is 1.64. The molecular weight excluding hydrogens is 246 g/mol. The van der Waals surface area contributed by atoms with Gasteiger partial charge in [0.1, 0.15) is 0 Å². The van der Waals surface area contributed by atoms with E-state index in [-0.39, 0.29) is 11.4 Å². The first-order valence-corrected chi connectivity index (χ1v) is 7.42. The molecule has 5 heteroatoms. The molecular formula is C13H21N3OS. The normalized spacial score (nSPS) is 23.2. The van der Waals surface area contributed by atoms with E-state index in [9.17, 15) is 4.79 Å². The summed E-state index contributed by atoms with van der Waals surface area (Å²) in [6.45, 7) is 5.65. The topological polar surface area (TPSA) is 54.0 Å². The average Bonchev–Trinajstić information content (AvgIpc) is 2.97. The summed E-state index contributed by atoms with van der Waals surface area (Å²) < 4.78 is 0. The zero-order valence-corrected chi connectivity index (χ0v) is 11.9. The van der Waals surface area contributed by atoms with Crippen molar-refractivity contribution < 1.29 is 4.79 Å². The Morgan fingerprint density at radius 1 is 1.67 bits per heavy atom. The summed E-state index contributed by atoms with van der Waals surface area (Å²) in [5.41, 5.74) is -0.325. The maximum Gasteiger partial charge on any atom is 0.240 e. The van der Waals surface area contributed by atoms with E-state index in [4.69, 9.17) is 0 Å². The molecule has 1 atom stereocenters. The van der Waals surface area contributed by atoms with E-state index in [1.165, 1.54) is 0 Å². The second kappa shape index (κ2) is 5.80. The molecule has 0 aliphatic carbocycles. The lowest BCUT2D eigenvalue weighted by Crippen LogP contribution is -2.53. The first-order valence-electron chi connectivity index (χ1n) is 6.61. The van der Waals surface area contributed by atoms with Gasteiger partial charge in [0.2, 0.25) is 5.91 Å². The second-order valence-corrected chi connectivity index (χ2v) is 6.21. The third-order valence-corrected chi connectivity index (χ3v) is 4.36. The van der Waals surface area contributed by atoms with Crippen LogP contribution in [0.4, 0.5) is 0 Å². The van der Waals surface area contributed by atoms with Gasteiger partial charge in [0.25, 0.3) is 0 Å². The molecule has 18 heavy (non-hydrogen) atoms. The van der Waals surface area contributed by atoms with Crippen molar-refractivity contribution in [3.8, 4) is 0 Å². The van der Waals surface area contributed by atoms with Gasteiger partial charge < -0.3 is 10.6 Å². The molecule has 1 aliphatic heterocycles. The molecule has 100 valence electrons. The number of amides is 1. The zero-order valence-electron chi connectivity index (χ0n) is 11.1. The predicted octanol–water partition coefficient (Wildman–Crippen LogP) is 1.99. The number of rotatable bonds is 5. The van der Waals surface area contributed by atoms with Crippen molar-refractivity contribution in [3.63, 3.8) is 0 Å². The minimum absolute atomic E-state index is 0.146. The average molecular weight is 267 g/mol. The van der Waals surface area contributed by atoms with Gasteiger partial charge in [0.05, 0.1) is 17.1 Å². The molecule has 0 bridgehead atoms. The first-order chi connectivity index (χ1) is 8.66. The number of carbonyl (C=O) groups excluding carboxylic acids is 1. The number of aryl methyl sites for hydroxylation is 1. The minimum atomic E-state index is -0.325. The third kappa shape index (κ3) is 2.90. The van der Waals surface area contributed by atoms with Crippen molar-refractivity contribution in [1.82, 2.24) is 15.6 Å². The number of nitrogens with one attached hydrogen (secondary N) is 2. The van der Waals surface area contributed by atoms with Crippen LogP contribution in [-0.4, -0.2) is 23.0 Å². The van der Waals surface area contributed by atoms with E-state index in [0.717, 1.165) is 42.1 Å². The van der Waals surface area contributed by atoms with Crippen LogP contribution in [0.25, 0.3) is 0 Å². The van der Waals surface area contributed by atoms with Crippen molar-refractivity contribution in [2.45, 2.75) is 51.6 Å². The molecule has 0 spiro atoms. The lowest BCUT2D eigenvalue weighted by molar-refractivity contribution is -0.127. The van der Waals surface area contributed by atoms with Crippen molar-refractivity contribution in [3.05, 3.63) is 16.1 Å². The maximum atomic E-state index is 12.3. The highest BCUT2D eigenvalue weighted by Crippen LogP contribution is 2.25. The number of carbonyl (C=O) groups is 1. The molecule has 2 rings (SSSR count). The van der Waals surface area contributed by atoms with Crippen molar-refractivity contribution in [1.29, 1.82) is 0 Å². The van der Waals surface area contributed by atoms with E-state index < -0.39 is 0 Å². The Labute approximate surface area is 112 Å². The molecule has 0 radical (unpaired) electrons. The Hall–Kier alpha value is -0.940. The Morgan fingerprint density at radius 3 is 3.06 bits per heavy atom. The molecule has 1 aliphatic rings. The summed E-state index contributed by atoms with van der Waals surface area (Å²) in [5.74, 6) is 0.146. The Morgan fingerprint density at radius 2 is 2.50 bits per heavy atom. The van der Waals surface area contributed by atoms with Gasteiger partial charge in [-0.05, 0) is 32.7 Å². The van der Waals surface area contributed by atoms with E-state index in [1.807, 2.05) is 13.1 Å². The van der Waals surface area contributed by atoms with E-state index in [1.54, 1.807) is 11.3 Å². The van der Waals surface area contributed by atoms with Crippen LogP contribution >= 0.6 is 11.3 Å². The first kappa shape index (κ1) is 13.5. The highest BCUT2D eigenvalue weighted by atomic mass is 32.1. The predicted molar refractivity (Wildman–Crippen MR) is 73.6 cm³/mol. The smallest absolute Gasteiger partial charge is 0.240 e. The van der Waals surface area contributed by atoms with Gasteiger partial charge in [0.15, 0.2) is 0 Å². The van der Waals surface area contributed by atoms with Crippen LogP contribution in [0.1, 0.15) is 42.5 Å². The fourth-order valence-electron chi connectivity index (χ4n) is 2.58. The quantitative estimate of drug-likeness (QED) is 0.858. The molecule has 1 aromatic rings. The van der Waals surface area contributed by atoms with Crippen molar-refractivity contribution in [2.24, 2.45) is 0 Å². The zero-order chi connectivity index (χ0) is 13.0. The fraction of sp³-hybridized carbons (Fsp3) is 0.692. The van der Waals surface area contributed by atoms with Crippen LogP contribution in [0, 0.1) is 6.92 Å². The molecule has 1 unspecified atom stereocenters. The Balaban J connectivity index is 1.93. The summed E-state index contributed by atoms with van der Waals surface area (Å²) in [5, 5.41) is 7.48. The third-order valence-electron chi connectivity index (χ3n) is 3.45. The summed E-state index contributed by atoms with van der Waals surface area (Å²) in [6.07, 6.45) is 5.83. The second-order valence-electron chi connectivity index (χ2n) is 4.89. The molecule has 2 heterocycles.